The zero-order chi connectivity index (χ0) is 24.2. The molecule has 0 bridgehead atoms. The van der Waals surface area contributed by atoms with Crippen LogP contribution in [0.1, 0.15) is 18.4 Å². The zero-order valence-corrected chi connectivity index (χ0v) is 19.4. The molecule has 0 atom stereocenters. The molecule has 0 unspecified atom stereocenters. The fraction of sp³-hybridized carbons (Fsp3) is 0.619. The Balaban J connectivity index is 1.79. The van der Waals surface area contributed by atoms with Crippen LogP contribution in [-0.2, 0) is 50.0 Å². The summed E-state index contributed by atoms with van der Waals surface area (Å²) in [6, 6.07) is 9.44. The summed E-state index contributed by atoms with van der Waals surface area (Å²) >= 11 is 0. The molecule has 1 aromatic rings. The van der Waals surface area contributed by atoms with Gasteiger partial charge in [-0.3, -0.25) is 9.59 Å². The number of carbonyl (C=O) groups excluding carboxylic acids is 2. The average Bonchev–Trinajstić information content (AvgIpc) is 2.77. The van der Waals surface area contributed by atoms with E-state index >= 15 is 0 Å². The first kappa shape index (κ1) is 28.9. The van der Waals surface area contributed by atoms with Crippen LogP contribution in [0, 0.1) is 0 Å². The molecule has 0 saturated heterocycles. The Hall–Kier alpha value is -2.09. The van der Waals surface area contributed by atoms with E-state index in [1.165, 1.54) is 0 Å². The van der Waals surface area contributed by atoms with E-state index in [1.54, 1.807) is 0 Å². The molecule has 0 aliphatic carbocycles. The van der Waals surface area contributed by atoms with Gasteiger partial charge in [-0.2, -0.15) is 0 Å². The first-order valence-corrected chi connectivity index (χ1v) is 12.2. The van der Waals surface area contributed by atoms with Gasteiger partial charge in [-0.1, -0.05) is 30.3 Å². The summed E-state index contributed by atoms with van der Waals surface area (Å²) in [6.07, 6.45) is 0.242. The minimum absolute atomic E-state index is 0.0623. The Bertz CT molecular complexity index is 758. The number of benzene rings is 1. The van der Waals surface area contributed by atoms with Crippen LogP contribution in [0.3, 0.4) is 0 Å². The molecule has 0 aliphatic heterocycles. The number of amides is 1. The molecular weight excluding hydrogens is 458 g/mol. The van der Waals surface area contributed by atoms with Crippen molar-refractivity contribution in [2.45, 2.75) is 19.4 Å². The molecular formula is C21H32NO10S-. The topological polar surface area (TPSA) is 150 Å². The van der Waals surface area contributed by atoms with E-state index in [0.717, 1.165) is 5.56 Å². The number of nitrogens with one attached hydrogen (secondary N) is 1. The first-order valence-electron chi connectivity index (χ1n) is 10.6. The number of hydrogen-bond donors (Lipinski definition) is 1. The van der Waals surface area contributed by atoms with Crippen molar-refractivity contribution in [2.24, 2.45) is 0 Å². The van der Waals surface area contributed by atoms with E-state index in [2.05, 4.69) is 5.32 Å². The predicted octanol–water partition coefficient (Wildman–Crippen LogP) is 0.238. The van der Waals surface area contributed by atoms with Gasteiger partial charge in [-0.25, -0.2) is 8.42 Å². The largest absolute Gasteiger partial charge is 0.748 e. The first-order chi connectivity index (χ1) is 15.9. The van der Waals surface area contributed by atoms with Crippen LogP contribution < -0.4 is 5.32 Å². The molecule has 188 valence electrons. The quantitative estimate of drug-likeness (QED) is 0.153. The van der Waals surface area contributed by atoms with Crippen LogP contribution in [0.4, 0.5) is 0 Å². The normalized spacial score (nSPS) is 11.3. The second kappa shape index (κ2) is 18.3. The number of carbonyl (C=O) groups is 2. The van der Waals surface area contributed by atoms with Crippen LogP contribution in [0.15, 0.2) is 30.3 Å². The van der Waals surface area contributed by atoms with Gasteiger partial charge in [0.05, 0.1) is 75.1 Å². The maximum Gasteiger partial charge on any atom is 0.308 e. The third-order valence-corrected chi connectivity index (χ3v) is 4.66. The Labute approximate surface area is 194 Å². The van der Waals surface area contributed by atoms with E-state index in [4.69, 9.17) is 23.7 Å². The van der Waals surface area contributed by atoms with Gasteiger partial charge in [-0.05, 0) is 5.56 Å². The van der Waals surface area contributed by atoms with Crippen molar-refractivity contribution in [3.63, 3.8) is 0 Å². The molecule has 11 nitrogen and oxygen atoms in total. The van der Waals surface area contributed by atoms with Crippen LogP contribution >= 0.6 is 0 Å². The molecule has 0 aliphatic rings. The van der Waals surface area contributed by atoms with Gasteiger partial charge in [0.1, 0.15) is 6.61 Å². The third-order valence-electron chi connectivity index (χ3n) is 3.96. The van der Waals surface area contributed by atoms with Crippen molar-refractivity contribution in [3.05, 3.63) is 35.9 Å². The fourth-order valence-electron chi connectivity index (χ4n) is 2.30. The van der Waals surface area contributed by atoms with Gasteiger partial charge in [0.2, 0.25) is 5.91 Å². The summed E-state index contributed by atoms with van der Waals surface area (Å²) in [5.41, 5.74) is 0.936. The highest BCUT2D eigenvalue weighted by Gasteiger charge is 2.04. The average molecular weight is 491 g/mol. The molecule has 12 heteroatoms. The van der Waals surface area contributed by atoms with Crippen molar-refractivity contribution in [2.75, 3.05) is 65.2 Å². The highest BCUT2D eigenvalue weighted by molar-refractivity contribution is 7.85. The number of hydrogen-bond acceptors (Lipinski definition) is 10. The molecule has 1 rings (SSSR count). The lowest BCUT2D eigenvalue weighted by atomic mass is 10.2. The van der Waals surface area contributed by atoms with Gasteiger partial charge in [0.25, 0.3) is 0 Å². The lowest BCUT2D eigenvalue weighted by molar-refractivity contribution is -0.146. The molecule has 0 heterocycles. The third kappa shape index (κ3) is 19.1. The number of esters is 1. The van der Waals surface area contributed by atoms with Gasteiger partial charge in [-0.15, -0.1) is 0 Å². The van der Waals surface area contributed by atoms with Gasteiger partial charge in [0, 0.05) is 13.0 Å². The summed E-state index contributed by atoms with van der Waals surface area (Å²) in [5.74, 6) is -1.34. The SMILES string of the molecule is O=C(CCOCCOCCOCCOCCC(=O)OCc1ccccc1)NCCS(=O)(=O)[O-]. The van der Waals surface area contributed by atoms with Crippen LogP contribution in [0.5, 0.6) is 0 Å². The Kier molecular flexibility index (Phi) is 16.1. The molecule has 0 spiro atoms. The lowest BCUT2D eigenvalue weighted by Gasteiger charge is -2.09. The Morgan fingerprint density at radius 1 is 0.788 bits per heavy atom. The van der Waals surface area contributed by atoms with E-state index in [0.29, 0.717) is 39.6 Å². The second-order valence-electron chi connectivity index (χ2n) is 6.71. The Morgan fingerprint density at radius 2 is 1.30 bits per heavy atom. The summed E-state index contributed by atoms with van der Waals surface area (Å²) < 4.78 is 57.6. The summed E-state index contributed by atoms with van der Waals surface area (Å²) in [7, 11) is -4.33. The highest BCUT2D eigenvalue weighted by Crippen LogP contribution is 2.01. The smallest absolute Gasteiger partial charge is 0.308 e. The minimum Gasteiger partial charge on any atom is -0.748 e. The van der Waals surface area contributed by atoms with E-state index < -0.39 is 15.9 Å². The lowest BCUT2D eigenvalue weighted by Crippen LogP contribution is -2.29. The van der Waals surface area contributed by atoms with Crippen LogP contribution in [-0.4, -0.2) is 90.0 Å². The standard InChI is InChI=1S/C21H33NO10S/c23-20(22-8-17-33(25,26)27)6-9-28-11-13-30-15-16-31-14-12-29-10-7-21(24)32-18-19-4-2-1-3-5-19/h1-5H,6-18H2,(H,22,23)(H,25,26,27)/p-1. The number of rotatable bonds is 20. The van der Waals surface area contributed by atoms with Crippen molar-refractivity contribution in [1.29, 1.82) is 0 Å². The summed E-state index contributed by atoms with van der Waals surface area (Å²) in [4.78, 5) is 23.0. The van der Waals surface area contributed by atoms with E-state index in [1.807, 2.05) is 30.3 Å². The van der Waals surface area contributed by atoms with Crippen molar-refractivity contribution in [3.8, 4) is 0 Å². The van der Waals surface area contributed by atoms with E-state index in [9.17, 15) is 22.6 Å². The zero-order valence-electron chi connectivity index (χ0n) is 18.6. The van der Waals surface area contributed by atoms with Gasteiger partial charge in [0.15, 0.2) is 0 Å². The minimum atomic E-state index is -4.33. The summed E-state index contributed by atoms with van der Waals surface area (Å²) in [5, 5.41) is 2.32. The van der Waals surface area contributed by atoms with Crippen LogP contribution in [0.25, 0.3) is 0 Å². The van der Waals surface area contributed by atoms with E-state index in [-0.39, 0.29) is 51.1 Å². The van der Waals surface area contributed by atoms with Crippen molar-refractivity contribution in [1.82, 2.24) is 5.32 Å². The maximum absolute atomic E-state index is 11.6. The molecule has 0 fully saturated rings. The summed E-state index contributed by atoms with van der Waals surface area (Å²) in [6.45, 7) is 2.59. The second-order valence-corrected chi connectivity index (χ2v) is 8.23. The van der Waals surface area contributed by atoms with Crippen molar-refractivity contribution < 1.29 is 46.2 Å². The predicted molar refractivity (Wildman–Crippen MR) is 116 cm³/mol. The fourth-order valence-corrected chi connectivity index (χ4v) is 2.65. The molecule has 33 heavy (non-hydrogen) atoms. The molecule has 0 saturated carbocycles. The van der Waals surface area contributed by atoms with Gasteiger partial charge < -0.3 is 33.6 Å². The van der Waals surface area contributed by atoms with Crippen LogP contribution in [0.2, 0.25) is 0 Å². The molecule has 1 amide bonds. The van der Waals surface area contributed by atoms with Crippen molar-refractivity contribution >= 4 is 22.0 Å². The molecule has 1 aromatic carbocycles. The molecule has 0 radical (unpaired) electrons. The number of ether oxygens (including phenoxy) is 5. The molecule has 1 N–H and O–H groups in total. The maximum atomic E-state index is 11.6. The highest BCUT2D eigenvalue weighted by atomic mass is 32.2. The van der Waals surface area contributed by atoms with Gasteiger partial charge >= 0.3 is 5.97 Å². The monoisotopic (exact) mass is 490 g/mol. The Morgan fingerprint density at radius 3 is 1.85 bits per heavy atom. The molecule has 0 aromatic heterocycles.